The maximum Gasteiger partial charge on any atom is 0.228 e. The van der Waals surface area contributed by atoms with Crippen LogP contribution < -0.4 is 10.6 Å². The zero-order valence-electron chi connectivity index (χ0n) is 14.4. The fourth-order valence-corrected chi connectivity index (χ4v) is 3.30. The second kappa shape index (κ2) is 8.65. The van der Waals surface area contributed by atoms with Crippen molar-refractivity contribution in [2.45, 2.75) is 51.0 Å². The van der Waals surface area contributed by atoms with Gasteiger partial charge in [-0.2, -0.15) is 0 Å². The van der Waals surface area contributed by atoms with Crippen LogP contribution in [0.4, 0.5) is 15.8 Å². The van der Waals surface area contributed by atoms with Crippen molar-refractivity contribution in [1.29, 1.82) is 0 Å². The molecule has 132 valence electrons. The first-order chi connectivity index (χ1) is 12.2. The van der Waals surface area contributed by atoms with Crippen molar-refractivity contribution in [2.75, 3.05) is 10.6 Å². The topological polar surface area (TPSA) is 41.1 Å². The zero-order valence-corrected chi connectivity index (χ0v) is 14.4. The van der Waals surface area contributed by atoms with Crippen LogP contribution in [-0.2, 0) is 11.2 Å². The molecule has 1 aliphatic rings. The molecule has 1 aliphatic carbocycles. The number of carbonyl (C=O) groups excluding carboxylic acids is 1. The quantitative estimate of drug-likeness (QED) is 0.740. The first-order valence-electron chi connectivity index (χ1n) is 9.10. The number of hydrogen-bond acceptors (Lipinski definition) is 2. The van der Waals surface area contributed by atoms with Crippen LogP contribution in [0.1, 0.15) is 44.1 Å². The minimum absolute atomic E-state index is 0.101. The monoisotopic (exact) mass is 340 g/mol. The normalized spacial score (nSPS) is 15.4. The molecule has 3 nitrogen and oxygen atoms in total. The summed E-state index contributed by atoms with van der Waals surface area (Å²) in [5, 5.41) is 6.48. The predicted molar refractivity (Wildman–Crippen MR) is 100 cm³/mol. The summed E-state index contributed by atoms with van der Waals surface area (Å²) < 4.78 is 12.9. The number of nitrogens with one attached hydrogen (secondary N) is 2. The lowest BCUT2D eigenvalue weighted by Gasteiger charge is -2.18. The summed E-state index contributed by atoms with van der Waals surface area (Å²) in [7, 11) is 0. The number of carbonyl (C=O) groups is 1. The Labute approximate surface area is 148 Å². The fraction of sp³-hybridized carbons (Fsp3) is 0.381. The highest BCUT2D eigenvalue weighted by Crippen LogP contribution is 2.22. The third-order valence-corrected chi connectivity index (χ3v) is 4.67. The van der Waals surface area contributed by atoms with Gasteiger partial charge >= 0.3 is 0 Å². The molecule has 4 heteroatoms. The van der Waals surface area contributed by atoms with Crippen LogP contribution in [0.25, 0.3) is 0 Å². The summed E-state index contributed by atoms with van der Waals surface area (Å²) in [4.78, 5) is 12.1. The number of hydrogen-bond donors (Lipinski definition) is 2. The molecule has 0 saturated heterocycles. The van der Waals surface area contributed by atoms with Crippen molar-refractivity contribution < 1.29 is 9.18 Å². The highest BCUT2D eigenvalue weighted by molar-refractivity contribution is 5.92. The van der Waals surface area contributed by atoms with Gasteiger partial charge in [-0.1, -0.05) is 37.8 Å². The number of anilines is 2. The van der Waals surface area contributed by atoms with E-state index >= 15 is 0 Å². The minimum atomic E-state index is -0.291. The summed E-state index contributed by atoms with van der Waals surface area (Å²) in [6, 6.07) is 14.4. The molecule has 2 N–H and O–H groups in total. The van der Waals surface area contributed by atoms with Crippen molar-refractivity contribution in [1.82, 2.24) is 0 Å². The van der Waals surface area contributed by atoms with Gasteiger partial charge in [0.05, 0.1) is 6.42 Å². The van der Waals surface area contributed by atoms with Crippen molar-refractivity contribution >= 4 is 17.3 Å². The molecule has 0 spiro atoms. The molecule has 1 amide bonds. The summed E-state index contributed by atoms with van der Waals surface area (Å²) in [5.74, 6) is -0.392. The van der Waals surface area contributed by atoms with Crippen LogP contribution in [0.3, 0.4) is 0 Å². The maximum atomic E-state index is 12.9. The van der Waals surface area contributed by atoms with Crippen molar-refractivity contribution in [3.05, 3.63) is 59.9 Å². The number of benzene rings is 2. The summed E-state index contributed by atoms with van der Waals surface area (Å²) >= 11 is 0. The predicted octanol–water partition coefficient (Wildman–Crippen LogP) is 5.14. The first-order valence-corrected chi connectivity index (χ1v) is 9.10. The molecule has 2 aromatic carbocycles. The van der Waals surface area contributed by atoms with E-state index < -0.39 is 0 Å². The Morgan fingerprint density at radius 2 is 1.48 bits per heavy atom. The Hall–Kier alpha value is -2.36. The van der Waals surface area contributed by atoms with Gasteiger partial charge in [0.15, 0.2) is 0 Å². The Kier molecular flexibility index (Phi) is 6.04. The SMILES string of the molecule is O=C(Cc1ccc(F)cc1)Nc1ccc(NC2CCCCCC2)cc1. The summed E-state index contributed by atoms with van der Waals surface area (Å²) in [6.45, 7) is 0. The third kappa shape index (κ3) is 5.59. The lowest BCUT2D eigenvalue weighted by Crippen LogP contribution is -2.18. The number of rotatable bonds is 5. The Morgan fingerprint density at radius 1 is 0.880 bits per heavy atom. The largest absolute Gasteiger partial charge is 0.382 e. The van der Waals surface area contributed by atoms with Crippen LogP contribution in [0.5, 0.6) is 0 Å². The van der Waals surface area contributed by atoms with E-state index in [1.54, 1.807) is 12.1 Å². The van der Waals surface area contributed by atoms with Crippen LogP contribution in [0.15, 0.2) is 48.5 Å². The van der Waals surface area contributed by atoms with E-state index in [1.165, 1.54) is 50.7 Å². The van der Waals surface area contributed by atoms with Crippen LogP contribution in [0.2, 0.25) is 0 Å². The Bertz CT molecular complexity index is 674. The molecule has 1 saturated carbocycles. The van der Waals surface area contributed by atoms with Gasteiger partial charge < -0.3 is 10.6 Å². The first kappa shape index (κ1) is 17.5. The molecule has 0 atom stereocenters. The van der Waals surface area contributed by atoms with E-state index in [-0.39, 0.29) is 18.1 Å². The van der Waals surface area contributed by atoms with Gasteiger partial charge in [0.25, 0.3) is 0 Å². The van der Waals surface area contributed by atoms with Crippen LogP contribution in [0, 0.1) is 5.82 Å². The molecule has 0 aromatic heterocycles. The van der Waals surface area contributed by atoms with Crippen LogP contribution >= 0.6 is 0 Å². The Morgan fingerprint density at radius 3 is 2.12 bits per heavy atom. The van der Waals surface area contributed by atoms with Crippen molar-refractivity contribution in [3.8, 4) is 0 Å². The van der Waals surface area contributed by atoms with Gasteiger partial charge in [0.1, 0.15) is 5.82 Å². The van der Waals surface area contributed by atoms with Gasteiger partial charge in [0, 0.05) is 17.4 Å². The summed E-state index contributed by atoms with van der Waals surface area (Å²) in [5.41, 5.74) is 2.67. The molecule has 0 unspecified atom stereocenters. The second-order valence-corrected chi connectivity index (χ2v) is 6.76. The standard InChI is InChI=1S/C21H25FN2O/c22-17-9-7-16(8-10-17)15-21(25)24-20-13-11-19(12-14-20)23-18-5-3-1-2-4-6-18/h7-14,18,23H,1-6,15H2,(H,24,25). The average molecular weight is 340 g/mol. The molecule has 0 heterocycles. The molecule has 1 fully saturated rings. The molecular formula is C21H25FN2O. The molecule has 0 aliphatic heterocycles. The van der Waals surface area contributed by atoms with E-state index in [1.807, 2.05) is 24.3 Å². The zero-order chi connectivity index (χ0) is 17.5. The van der Waals surface area contributed by atoms with Crippen LogP contribution in [-0.4, -0.2) is 11.9 Å². The fourth-order valence-electron chi connectivity index (χ4n) is 3.30. The van der Waals surface area contributed by atoms with E-state index in [9.17, 15) is 9.18 Å². The minimum Gasteiger partial charge on any atom is -0.382 e. The van der Waals surface area contributed by atoms with E-state index in [4.69, 9.17) is 0 Å². The molecule has 25 heavy (non-hydrogen) atoms. The smallest absolute Gasteiger partial charge is 0.228 e. The second-order valence-electron chi connectivity index (χ2n) is 6.76. The van der Waals surface area contributed by atoms with Crippen molar-refractivity contribution in [2.24, 2.45) is 0 Å². The van der Waals surface area contributed by atoms with E-state index in [0.29, 0.717) is 6.04 Å². The maximum absolute atomic E-state index is 12.9. The lowest BCUT2D eigenvalue weighted by atomic mass is 10.1. The van der Waals surface area contributed by atoms with Gasteiger partial charge in [0.2, 0.25) is 5.91 Å². The van der Waals surface area contributed by atoms with Crippen molar-refractivity contribution in [3.63, 3.8) is 0 Å². The average Bonchev–Trinajstić information content (AvgIpc) is 2.87. The van der Waals surface area contributed by atoms with E-state index in [2.05, 4.69) is 10.6 Å². The van der Waals surface area contributed by atoms with E-state index in [0.717, 1.165) is 16.9 Å². The third-order valence-electron chi connectivity index (χ3n) is 4.67. The van der Waals surface area contributed by atoms with Gasteiger partial charge in [-0.05, 0) is 54.8 Å². The number of amides is 1. The molecule has 2 aromatic rings. The highest BCUT2D eigenvalue weighted by atomic mass is 19.1. The molecule has 0 radical (unpaired) electrons. The molecular weight excluding hydrogens is 315 g/mol. The Balaban J connectivity index is 1.51. The van der Waals surface area contributed by atoms with Gasteiger partial charge in [-0.3, -0.25) is 4.79 Å². The lowest BCUT2D eigenvalue weighted by molar-refractivity contribution is -0.115. The number of halogens is 1. The molecule has 3 rings (SSSR count). The van der Waals surface area contributed by atoms with Gasteiger partial charge in [-0.15, -0.1) is 0 Å². The highest BCUT2D eigenvalue weighted by Gasteiger charge is 2.12. The van der Waals surface area contributed by atoms with Gasteiger partial charge in [-0.25, -0.2) is 4.39 Å². The molecule has 0 bridgehead atoms. The summed E-state index contributed by atoms with van der Waals surface area (Å²) in [6.07, 6.45) is 7.99.